The van der Waals surface area contributed by atoms with Crippen LogP contribution in [0.25, 0.3) is 9.53 Å². The number of benzene rings is 2. The molecule has 0 saturated carbocycles. The summed E-state index contributed by atoms with van der Waals surface area (Å²) in [6, 6.07) is 19.6. The van der Waals surface area contributed by atoms with E-state index in [-0.39, 0.29) is 12.0 Å². The van der Waals surface area contributed by atoms with Gasteiger partial charge in [-0.15, -0.1) is 11.3 Å². The number of nitrogens with zero attached hydrogens (tertiary/aromatic N) is 2. The molecule has 2 aromatic carbocycles. The quantitative estimate of drug-likeness (QED) is 0.363. The van der Waals surface area contributed by atoms with Gasteiger partial charge >= 0.3 is 0 Å². The molecule has 1 aliphatic heterocycles. The highest BCUT2D eigenvalue weighted by atomic mass is 32.1. The van der Waals surface area contributed by atoms with Crippen molar-refractivity contribution in [1.82, 2.24) is 4.98 Å². The second-order valence-corrected chi connectivity index (χ2v) is 9.98. The van der Waals surface area contributed by atoms with E-state index in [1.807, 2.05) is 48.5 Å². The lowest BCUT2D eigenvalue weighted by Crippen LogP contribution is -2.36. The van der Waals surface area contributed by atoms with Crippen molar-refractivity contribution in [2.75, 3.05) is 30.4 Å². The van der Waals surface area contributed by atoms with Gasteiger partial charge in [0.05, 0.1) is 29.4 Å². The topological polar surface area (TPSA) is 63.7 Å². The highest BCUT2D eigenvalue weighted by Crippen LogP contribution is 2.36. The van der Waals surface area contributed by atoms with Gasteiger partial charge in [0.15, 0.2) is 5.13 Å². The monoisotopic (exact) mass is 479 g/mol. The average molecular weight is 480 g/mol. The number of carbonyl (C=O) groups is 1. The van der Waals surface area contributed by atoms with Gasteiger partial charge in [-0.25, -0.2) is 4.98 Å². The largest absolute Gasteiger partial charge is 0.497 e. The minimum absolute atomic E-state index is 0.117. The molecule has 0 radical (unpaired) electrons. The normalized spacial score (nSPS) is 14.5. The van der Waals surface area contributed by atoms with Gasteiger partial charge in [-0.1, -0.05) is 41.7 Å². The standard InChI is InChI=1S/C25H25N3O3S2/c1-30-19-9-7-18(8-10-19)26-23(29)21-15-22-24(32-21)27-25(33-22)28-13-11-20(12-14-28)31-16-17-5-3-2-4-6-17/h2-10,15,20H,11-14,16H2,1H3,(H,26,29). The van der Waals surface area contributed by atoms with Crippen molar-refractivity contribution in [3.63, 3.8) is 0 Å². The Labute approximate surface area is 200 Å². The number of thiophene rings is 1. The molecule has 33 heavy (non-hydrogen) atoms. The third-order valence-electron chi connectivity index (χ3n) is 5.69. The third kappa shape index (κ3) is 5.19. The van der Waals surface area contributed by atoms with Gasteiger partial charge in [0.1, 0.15) is 10.6 Å². The Hall–Kier alpha value is -2.94. The van der Waals surface area contributed by atoms with E-state index in [4.69, 9.17) is 14.5 Å². The molecule has 1 fully saturated rings. The van der Waals surface area contributed by atoms with Crippen LogP contribution in [0, 0.1) is 0 Å². The number of rotatable bonds is 7. The van der Waals surface area contributed by atoms with Gasteiger partial charge in [-0.2, -0.15) is 0 Å². The molecule has 0 atom stereocenters. The summed E-state index contributed by atoms with van der Waals surface area (Å²) >= 11 is 3.09. The van der Waals surface area contributed by atoms with Crippen molar-refractivity contribution in [2.45, 2.75) is 25.6 Å². The molecule has 5 rings (SSSR count). The van der Waals surface area contributed by atoms with E-state index in [1.165, 1.54) is 16.9 Å². The van der Waals surface area contributed by atoms with Gasteiger partial charge in [0.2, 0.25) is 0 Å². The van der Waals surface area contributed by atoms with Crippen LogP contribution in [0.1, 0.15) is 28.1 Å². The SMILES string of the molecule is COc1ccc(NC(=O)c2cc3sc(N4CCC(OCc5ccccc5)CC4)nc3s2)cc1. The third-order valence-corrected chi connectivity index (χ3v) is 7.91. The summed E-state index contributed by atoms with van der Waals surface area (Å²) < 4.78 is 12.3. The summed E-state index contributed by atoms with van der Waals surface area (Å²) in [5.74, 6) is 0.640. The Bertz CT molecular complexity index is 1180. The molecule has 3 heterocycles. The van der Waals surface area contributed by atoms with Crippen LogP contribution >= 0.6 is 22.7 Å². The number of carbonyl (C=O) groups excluding carboxylic acids is 1. The predicted octanol–water partition coefficient (Wildman–Crippen LogP) is 5.80. The highest BCUT2D eigenvalue weighted by Gasteiger charge is 2.23. The first-order valence-corrected chi connectivity index (χ1v) is 12.6. The van der Waals surface area contributed by atoms with Gasteiger partial charge in [-0.3, -0.25) is 4.79 Å². The second-order valence-electron chi connectivity index (χ2n) is 7.94. The van der Waals surface area contributed by atoms with Gasteiger partial charge in [-0.05, 0) is 48.7 Å². The highest BCUT2D eigenvalue weighted by molar-refractivity contribution is 7.29. The molecule has 1 aliphatic rings. The summed E-state index contributed by atoms with van der Waals surface area (Å²) in [5, 5.41) is 3.96. The molecule has 1 amide bonds. The molecular weight excluding hydrogens is 454 g/mol. The second kappa shape index (κ2) is 9.91. The number of nitrogens with one attached hydrogen (secondary N) is 1. The molecule has 2 aromatic heterocycles. The van der Waals surface area contributed by atoms with Gasteiger partial charge in [0, 0.05) is 18.8 Å². The summed E-state index contributed by atoms with van der Waals surface area (Å²) in [6.07, 6.45) is 2.28. The van der Waals surface area contributed by atoms with Crippen molar-refractivity contribution in [1.29, 1.82) is 0 Å². The number of ether oxygens (including phenoxy) is 2. The van der Waals surface area contributed by atoms with Crippen LogP contribution < -0.4 is 15.0 Å². The molecule has 0 bridgehead atoms. The first-order valence-electron chi connectivity index (χ1n) is 10.9. The molecule has 1 N–H and O–H groups in total. The Morgan fingerprint density at radius 1 is 1.09 bits per heavy atom. The maximum absolute atomic E-state index is 12.6. The van der Waals surface area contributed by atoms with Crippen LogP contribution in [0.5, 0.6) is 5.75 Å². The zero-order valence-electron chi connectivity index (χ0n) is 18.3. The van der Waals surface area contributed by atoms with Crippen LogP contribution in [0.3, 0.4) is 0 Å². The van der Waals surface area contributed by atoms with Crippen LogP contribution in [0.15, 0.2) is 60.7 Å². The molecular formula is C25H25N3O3S2. The molecule has 0 spiro atoms. The van der Waals surface area contributed by atoms with Crippen LogP contribution in [-0.2, 0) is 11.3 Å². The van der Waals surface area contributed by atoms with Crippen molar-refractivity contribution < 1.29 is 14.3 Å². The Morgan fingerprint density at radius 3 is 2.55 bits per heavy atom. The molecule has 0 unspecified atom stereocenters. The van der Waals surface area contributed by atoms with Gasteiger partial charge in [0.25, 0.3) is 5.91 Å². The van der Waals surface area contributed by atoms with E-state index < -0.39 is 0 Å². The van der Waals surface area contributed by atoms with E-state index in [0.29, 0.717) is 11.5 Å². The first-order chi connectivity index (χ1) is 16.2. The minimum Gasteiger partial charge on any atom is -0.497 e. The number of hydrogen-bond donors (Lipinski definition) is 1. The summed E-state index contributed by atoms with van der Waals surface area (Å²) in [5.41, 5.74) is 1.95. The van der Waals surface area contributed by atoms with E-state index in [0.717, 1.165) is 52.0 Å². The lowest BCUT2D eigenvalue weighted by molar-refractivity contribution is 0.0251. The molecule has 170 valence electrons. The number of amides is 1. The zero-order chi connectivity index (χ0) is 22.6. The van der Waals surface area contributed by atoms with Crippen LogP contribution in [0.2, 0.25) is 0 Å². The molecule has 0 aliphatic carbocycles. The Kier molecular flexibility index (Phi) is 6.57. The fraction of sp³-hybridized carbons (Fsp3) is 0.280. The molecule has 4 aromatic rings. The van der Waals surface area contributed by atoms with E-state index >= 15 is 0 Å². The van der Waals surface area contributed by atoms with E-state index in [9.17, 15) is 4.79 Å². The summed E-state index contributed by atoms with van der Waals surface area (Å²) in [7, 11) is 1.62. The zero-order valence-corrected chi connectivity index (χ0v) is 20.0. The number of anilines is 2. The fourth-order valence-electron chi connectivity index (χ4n) is 3.84. The smallest absolute Gasteiger partial charge is 0.265 e. The van der Waals surface area contributed by atoms with Crippen molar-refractivity contribution in [2.24, 2.45) is 0 Å². The minimum atomic E-state index is -0.117. The summed E-state index contributed by atoms with van der Waals surface area (Å²) in [4.78, 5) is 21.4. The average Bonchev–Trinajstić information content (AvgIpc) is 3.44. The van der Waals surface area contributed by atoms with E-state index in [2.05, 4.69) is 22.3 Å². The molecule has 1 saturated heterocycles. The van der Waals surface area contributed by atoms with Crippen molar-refractivity contribution in [3.05, 3.63) is 71.1 Å². The number of thiazole rings is 1. The van der Waals surface area contributed by atoms with Gasteiger partial charge < -0.3 is 19.7 Å². The molecule has 6 nitrogen and oxygen atoms in total. The van der Waals surface area contributed by atoms with E-state index in [1.54, 1.807) is 18.4 Å². The fourth-order valence-corrected chi connectivity index (χ4v) is 6.00. The predicted molar refractivity (Wildman–Crippen MR) is 135 cm³/mol. The van der Waals surface area contributed by atoms with Crippen LogP contribution in [0.4, 0.5) is 10.8 Å². The Balaban J connectivity index is 1.16. The maximum Gasteiger partial charge on any atom is 0.265 e. The van der Waals surface area contributed by atoms with Crippen LogP contribution in [-0.4, -0.2) is 37.2 Å². The number of piperidine rings is 1. The number of hydrogen-bond acceptors (Lipinski definition) is 7. The number of aromatic nitrogens is 1. The first kappa shape index (κ1) is 21.9. The number of fused-ring (bicyclic) bond motifs is 1. The summed E-state index contributed by atoms with van der Waals surface area (Å²) in [6.45, 7) is 2.54. The lowest BCUT2D eigenvalue weighted by Gasteiger charge is -2.31. The van der Waals surface area contributed by atoms with Crippen molar-refractivity contribution >= 4 is 48.9 Å². The maximum atomic E-state index is 12.6. The lowest BCUT2D eigenvalue weighted by atomic mass is 10.1. The van der Waals surface area contributed by atoms with Crippen molar-refractivity contribution in [3.8, 4) is 5.75 Å². The Morgan fingerprint density at radius 2 is 1.85 bits per heavy atom. The number of methoxy groups -OCH3 is 1. The molecule has 8 heteroatoms.